The van der Waals surface area contributed by atoms with Gasteiger partial charge in [-0.1, -0.05) is 18.2 Å². The quantitative estimate of drug-likeness (QED) is 0.630. The average Bonchev–Trinajstić information content (AvgIpc) is 2.72. The molecule has 1 unspecified atom stereocenters. The molecule has 3 aromatic rings. The summed E-state index contributed by atoms with van der Waals surface area (Å²) in [6.07, 6.45) is 1.54. The summed E-state index contributed by atoms with van der Waals surface area (Å²) >= 11 is 0. The second kappa shape index (κ2) is 7.82. The van der Waals surface area contributed by atoms with Crippen molar-refractivity contribution in [2.75, 3.05) is 18.6 Å². The van der Waals surface area contributed by atoms with Gasteiger partial charge in [0.25, 0.3) is 0 Å². The molecule has 0 aliphatic carbocycles. The van der Waals surface area contributed by atoms with Crippen LogP contribution in [-0.4, -0.2) is 23.6 Å². The van der Waals surface area contributed by atoms with Crippen LogP contribution in [0.15, 0.2) is 42.5 Å². The van der Waals surface area contributed by atoms with Gasteiger partial charge in [0.05, 0.1) is 13.2 Å². The molecule has 2 heterocycles. The topological polar surface area (TPSA) is 38.2 Å². The highest BCUT2D eigenvalue weighted by Crippen LogP contribution is 2.36. The lowest BCUT2D eigenvalue weighted by Crippen LogP contribution is -2.35. The number of halogens is 1. The maximum atomic E-state index is 13.2. The second-order valence-corrected chi connectivity index (χ2v) is 7.66. The summed E-state index contributed by atoms with van der Waals surface area (Å²) < 4.78 is 18.6. The molecule has 0 amide bonds. The largest absolute Gasteiger partial charge is 0.497 e. The fourth-order valence-electron chi connectivity index (χ4n) is 4.04. The van der Waals surface area contributed by atoms with Crippen molar-refractivity contribution in [1.82, 2.24) is 9.97 Å². The van der Waals surface area contributed by atoms with Crippen molar-refractivity contribution in [1.29, 1.82) is 0 Å². The highest BCUT2D eigenvalue weighted by Gasteiger charge is 2.27. The molecule has 4 nitrogen and oxygen atoms in total. The van der Waals surface area contributed by atoms with E-state index in [0.717, 1.165) is 47.2 Å². The van der Waals surface area contributed by atoms with Crippen molar-refractivity contribution in [3.05, 3.63) is 82.1 Å². The van der Waals surface area contributed by atoms with E-state index in [0.29, 0.717) is 6.42 Å². The molecule has 1 aromatic heterocycles. The lowest BCUT2D eigenvalue weighted by molar-refractivity contribution is 0.413. The summed E-state index contributed by atoms with van der Waals surface area (Å²) in [5.41, 5.74) is 5.75. The Morgan fingerprint density at radius 1 is 1.10 bits per heavy atom. The summed E-state index contributed by atoms with van der Waals surface area (Å²) in [5, 5.41) is 0. The normalized spacial score (nSPS) is 15.9. The zero-order chi connectivity index (χ0) is 20.5. The molecule has 1 atom stereocenters. The van der Waals surface area contributed by atoms with Gasteiger partial charge in [-0.25, -0.2) is 14.4 Å². The van der Waals surface area contributed by atoms with Crippen LogP contribution in [-0.2, 0) is 12.8 Å². The lowest BCUT2D eigenvalue weighted by atomic mass is 9.93. The highest BCUT2D eigenvalue weighted by atomic mass is 19.1. The van der Waals surface area contributed by atoms with E-state index in [1.54, 1.807) is 19.2 Å². The van der Waals surface area contributed by atoms with Gasteiger partial charge in [0.15, 0.2) is 0 Å². The third-order valence-electron chi connectivity index (χ3n) is 5.85. The van der Waals surface area contributed by atoms with E-state index in [4.69, 9.17) is 9.72 Å². The summed E-state index contributed by atoms with van der Waals surface area (Å²) in [5.74, 6) is 2.43. The van der Waals surface area contributed by atoms with Gasteiger partial charge in [-0.2, -0.15) is 0 Å². The zero-order valence-electron chi connectivity index (χ0n) is 17.4. The van der Waals surface area contributed by atoms with Crippen LogP contribution in [0.25, 0.3) is 0 Å². The van der Waals surface area contributed by atoms with E-state index in [-0.39, 0.29) is 11.9 Å². The van der Waals surface area contributed by atoms with E-state index < -0.39 is 0 Å². The molecule has 0 spiro atoms. The number of anilines is 1. The van der Waals surface area contributed by atoms with Crippen LogP contribution < -0.4 is 9.64 Å². The summed E-state index contributed by atoms with van der Waals surface area (Å²) in [7, 11) is 1.70. The first-order valence-corrected chi connectivity index (χ1v) is 9.98. The van der Waals surface area contributed by atoms with Crippen LogP contribution >= 0.6 is 0 Å². The molecule has 0 radical (unpaired) electrons. The smallest absolute Gasteiger partial charge is 0.136 e. The molecule has 0 fully saturated rings. The summed E-state index contributed by atoms with van der Waals surface area (Å²) in [6.45, 7) is 7.24. The summed E-state index contributed by atoms with van der Waals surface area (Å²) in [4.78, 5) is 12.0. The number of hydrogen-bond acceptors (Lipinski definition) is 4. The van der Waals surface area contributed by atoms with Gasteiger partial charge in [0, 0.05) is 24.2 Å². The predicted octanol–water partition coefficient (Wildman–Crippen LogP) is 4.96. The maximum Gasteiger partial charge on any atom is 0.136 e. The predicted molar refractivity (Wildman–Crippen MR) is 113 cm³/mol. The Morgan fingerprint density at radius 2 is 1.86 bits per heavy atom. The molecule has 0 saturated heterocycles. The lowest BCUT2D eigenvalue weighted by Gasteiger charge is -2.37. The van der Waals surface area contributed by atoms with E-state index in [9.17, 15) is 4.39 Å². The minimum absolute atomic E-state index is 0.219. The van der Waals surface area contributed by atoms with Crippen molar-refractivity contribution in [2.45, 2.75) is 39.7 Å². The molecule has 0 N–H and O–H groups in total. The van der Waals surface area contributed by atoms with Gasteiger partial charge in [0.2, 0.25) is 0 Å². The van der Waals surface area contributed by atoms with E-state index in [1.807, 2.05) is 13.0 Å². The van der Waals surface area contributed by atoms with Gasteiger partial charge in [-0.05, 0) is 68.1 Å². The van der Waals surface area contributed by atoms with E-state index in [2.05, 4.69) is 35.9 Å². The van der Waals surface area contributed by atoms with Gasteiger partial charge in [-0.15, -0.1) is 0 Å². The van der Waals surface area contributed by atoms with Crippen LogP contribution in [0.5, 0.6) is 5.75 Å². The Kier molecular flexibility index (Phi) is 5.22. The molecule has 4 rings (SSSR count). The Bertz CT molecular complexity index is 1030. The van der Waals surface area contributed by atoms with Crippen LogP contribution in [0.1, 0.15) is 46.7 Å². The highest BCUT2D eigenvalue weighted by molar-refractivity contribution is 5.54. The number of aromatic nitrogens is 2. The first-order chi connectivity index (χ1) is 14.0. The van der Waals surface area contributed by atoms with Crippen molar-refractivity contribution in [3.63, 3.8) is 0 Å². The Labute approximate surface area is 171 Å². The van der Waals surface area contributed by atoms with Gasteiger partial charge < -0.3 is 9.64 Å². The number of ether oxygens (including phenoxy) is 1. The molecule has 29 heavy (non-hydrogen) atoms. The zero-order valence-corrected chi connectivity index (χ0v) is 17.4. The van der Waals surface area contributed by atoms with Gasteiger partial charge in [-0.3, -0.25) is 0 Å². The monoisotopic (exact) mass is 391 g/mol. The Morgan fingerprint density at radius 3 is 2.59 bits per heavy atom. The molecule has 0 saturated carbocycles. The van der Waals surface area contributed by atoms with E-state index >= 15 is 0 Å². The number of fused-ring (bicyclic) bond motifs is 1. The second-order valence-electron chi connectivity index (χ2n) is 7.66. The standard InChI is InChI=1S/C24H26FN3O/c1-15-16(2)26-23(13-18-5-7-20(25)8-6-18)27-24(15)28-12-11-19-14-21(29-4)9-10-22(19)17(28)3/h5-10,14,17H,11-13H2,1-4H3. The first kappa shape index (κ1) is 19.4. The number of nitrogens with zero attached hydrogens (tertiary/aromatic N) is 3. The van der Waals surface area contributed by atoms with Gasteiger partial charge in [0.1, 0.15) is 23.2 Å². The molecule has 1 aliphatic heterocycles. The molecule has 5 heteroatoms. The van der Waals surface area contributed by atoms with Crippen molar-refractivity contribution >= 4 is 5.82 Å². The van der Waals surface area contributed by atoms with E-state index in [1.165, 1.54) is 23.3 Å². The molecular formula is C24H26FN3O. The van der Waals surface area contributed by atoms with Crippen molar-refractivity contribution in [3.8, 4) is 5.75 Å². The maximum absolute atomic E-state index is 13.2. The third-order valence-corrected chi connectivity index (χ3v) is 5.85. The third kappa shape index (κ3) is 3.82. The van der Waals surface area contributed by atoms with Crippen molar-refractivity contribution in [2.24, 2.45) is 0 Å². The van der Waals surface area contributed by atoms with Crippen LogP contribution in [0, 0.1) is 19.7 Å². The molecule has 0 bridgehead atoms. The van der Waals surface area contributed by atoms with Crippen LogP contribution in [0.2, 0.25) is 0 Å². The fraction of sp³-hybridized carbons (Fsp3) is 0.333. The molecule has 150 valence electrons. The van der Waals surface area contributed by atoms with Crippen molar-refractivity contribution < 1.29 is 9.13 Å². The first-order valence-electron chi connectivity index (χ1n) is 9.98. The number of rotatable bonds is 4. The SMILES string of the molecule is COc1ccc2c(c1)CCN(c1nc(Cc3ccc(F)cc3)nc(C)c1C)C2C. The molecular weight excluding hydrogens is 365 g/mol. The average molecular weight is 391 g/mol. The number of aryl methyl sites for hydroxylation is 1. The van der Waals surface area contributed by atoms with Crippen LogP contribution in [0.4, 0.5) is 10.2 Å². The minimum atomic E-state index is -0.229. The molecule has 1 aliphatic rings. The number of hydrogen-bond donors (Lipinski definition) is 0. The van der Waals surface area contributed by atoms with Gasteiger partial charge >= 0.3 is 0 Å². The number of benzene rings is 2. The minimum Gasteiger partial charge on any atom is -0.497 e. The Hall–Kier alpha value is -2.95. The fourth-order valence-corrected chi connectivity index (χ4v) is 4.04. The number of methoxy groups -OCH3 is 1. The summed E-state index contributed by atoms with van der Waals surface area (Å²) in [6, 6.07) is 13.1. The molecule has 2 aromatic carbocycles. The van der Waals surface area contributed by atoms with Crippen LogP contribution in [0.3, 0.4) is 0 Å². The Balaban J connectivity index is 1.67.